The number of amides is 1. The minimum Gasteiger partial charge on any atom is -0.497 e. The second-order valence-electron chi connectivity index (χ2n) is 7.61. The summed E-state index contributed by atoms with van der Waals surface area (Å²) in [5.41, 5.74) is 2.84. The molecule has 2 atom stereocenters. The van der Waals surface area contributed by atoms with Crippen LogP contribution in [-0.2, 0) is 14.3 Å². The molecule has 0 radical (unpaired) electrons. The van der Waals surface area contributed by atoms with Gasteiger partial charge in [0.05, 0.1) is 18.0 Å². The van der Waals surface area contributed by atoms with Crippen LogP contribution in [0.3, 0.4) is 0 Å². The molecule has 168 valence electrons. The molecule has 1 amide bonds. The van der Waals surface area contributed by atoms with E-state index in [1.165, 1.54) is 6.92 Å². The van der Waals surface area contributed by atoms with Gasteiger partial charge >= 0.3 is 5.97 Å². The first-order valence-corrected chi connectivity index (χ1v) is 10.7. The van der Waals surface area contributed by atoms with Crippen LogP contribution < -0.4 is 9.64 Å². The van der Waals surface area contributed by atoms with Crippen molar-refractivity contribution in [2.24, 2.45) is 0 Å². The van der Waals surface area contributed by atoms with E-state index in [9.17, 15) is 9.59 Å². The van der Waals surface area contributed by atoms with Crippen LogP contribution in [0.5, 0.6) is 5.75 Å². The van der Waals surface area contributed by atoms with E-state index in [1.54, 1.807) is 23.8 Å². The van der Waals surface area contributed by atoms with Gasteiger partial charge in [-0.15, -0.1) is 24.2 Å². The van der Waals surface area contributed by atoms with Crippen LogP contribution in [0.15, 0.2) is 47.4 Å². The van der Waals surface area contributed by atoms with Crippen LogP contribution in [-0.4, -0.2) is 57.2 Å². The maximum absolute atomic E-state index is 13.7. The maximum atomic E-state index is 13.7. The quantitative estimate of drug-likeness (QED) is 0.600. The molecule has 0 N–H and O–H groups in total. The van der Waals surface area contributed by atoms with Crippen LogP contribution >= 0.6 is 24.2 Å². The van der Waals surface area contributed by atoms with Crippen molar-refractivity contribution >= 4 is 41.7 Å². The van der Waals surface area contributed by atoms with Crippen molar-refractivity contribution < 1.29 is 19.1 Å². The number of hydrogen-bond donors (Lipinski definition) is 0. The summed E-state index contributed by atoms with van der Waals surface area (Å²) in [6.07, 6.45) is -0.921. The number of methoxy groups -OCH3 is 1. The molecule has 0 bridgehead atoms. The lowest BCUT2D eigenvalue weighted by molar-refractivity contribution is -0.152. The van der Waals surface area contributed by atoms with Crippen molar-refractivity contribution in [3.8, 4) is 5.75 Å². The Morgan fingerprint density at radius 2 is 1.84 bits per heavy atom. The second kappa shape index (κ2) is 10.9. The molecule has 8 heteroatoms. The lowest BCUT2D eigenvalue weighted by atomic mass is 10.1. The zero-order chi connectivity index (χ0) is 21.8. The third-order valence-electron chi connectivity index (χ3n) is 4.95. The average molecular weight is 465 g/mol. The van der Waals surface area contributed by atoms with Gasteiger partial charge in [0, 0.05) is 24.9 Å². The smallest absolute Gasteiger partial charge is 0.303 e. The van der Waals surface area contributed by atoms with Crippen LogP contribution in [0.4, 0.5) is 5.69 Å². The van der Waals surface area contributed by atoms with Gasteiger partial charge in [-0.25, -0.2) is 0 Å². The highest BCUT2D eigenvalue weighted by Gasteiger charge is 2.40. The van der Waals surface area contributed by atoms with E-state index in [4.69, 9.17) is 9.47 Å². The van der Waals surface area contributed by atoms with E-state index in [0.29, 0.717) is 13.1 Å². The molecule has 0 unspecified atom stereocenters. The van der Waals surface area contributed by atoms with Crippen molar-refractivity contribution in [1.29, 1.82) is 0 Å². The van der Waals surface area contributed by atoms with E-state index in [0.717, 1.165) is 27.5 Å². The SMILES string of the molecule is COc1ccc([C@H]2Sc3ccc(C)cc3N(CCN(C)C)C(=O)[C@H]2OC(C)=O)cc1.Cl. The van der Waals surface area contributed by atoms with E-state index >= 15 is 0 Å². The number of carbonyl (C=O) groups excluding carboxylic acids is 2. The molecule has 2 aromatic rings. The Morgan fingerprint density at radius 3 is 2.42 bits per heavy atom. The largest absolute Gasteiger partial charge is 0.497 e. The third kappa shape index (κ3) is 5.93. The molecule has 31 heavy (non-hydrogen) atoms. The zero-order valence-electron chi connectivity index (χ0n) is 18.5. The first-order valence-electron chi connectivity index (χ1n) is 9.84. The van der Waals surface area contributed by atoms with Gasteiger partial charge in [-0.3, -0.25) is 9.59 Å². The monoisotopic (exact) mass is 464 g/mol. The number of benzene rings is 2. The number of aryl methyl sites for hydroxylation is 1. The summed E-state index contributed by atoms with van der Waals surface area (Å²) in [6, 6.07) is 13.7. The number of carbonyl (C=O) groups is 2. The number of halogens is 1. The number of anilines is 1. The van der Waals surface area contributed by atoms with Crippen molar-refractivity contribution in [2.75, 3.05) is 39.2 Å². The Morgan fingerprint density at radius 1 is 1.16 bits per heavy atom. The molecule has 0 aliphatic carbocycles. The van der Waals surface area contributed by atoms with Crippen molar-refractivity contribution in [1.82, 2.24) is 4.90 Å². The molecule has 3 rings (SSSR count). The molecule has 1 aliphatic heterocycles. The molecule has 0 saturated carbocycles. The molecule has 1 heterocycles. The van der Waals surface area contributed by atoms with E-state index in [1.807, 2.05) is 68.4 Å². The molecule has 0 spiro atoms. The predicted molar refractivity (Wildman–Crippen MR) is 126 cm³/mol. The molecule has 0 fully saturated rings. The number of hydrogen-bond acceptors (Lipinski definition) is 6. The highest BCUT2D eigenvalue weighted by molar-refractivity contribution is 7.99. The van der Waals surface area contributed by atoms with Crippen LogP contribution in [0, 0.1) is 6.92 Å². The lowest BCUT2D eigenvalue weighted by Crippen LogP contribution is -2.45. The number of esters is 1. The van der Waals surface area contributed by atoms with Gasteiger partial charge in [0.1, 0.15) is 5.75 Å². The van der Waals surface area contributed by atoms with Gasteiger partial charge in [0.2, 0.25) is 0 Å². The molecular weight excluding hydrogens is 436 g/mol. The van der Waals surface area contributed by atoms with Crippen LogP contribution in [0.1, 0.15) is 23.3 Å². The van der Waals surface area contributed by atoms with Gasteiger partial charge in [-0.2, -0.15) is 0 Å². The summed E-state index contributed by atoms with van der Waals surface area (Å²) >= 11 is 1.55. The number of ether oxygens (including phenoxy) is 2. The minimum atomic E-state index is -0.921. The standard InChI is InChI=1S/C23H28N2O4S.ClH/c1-15-6-11-20-19(14-15)25(13-12-24(3)4)23(27)21(29-16(2)26)22(30-20)17-7-9-18(28-5)10-8-17;/h6-11,14,21-22H,12-13H2,1-5H3;1H/t21-,22+;/m0./s1. The summed E-state index contributed by atoms with van der Waals surface area (Å²) in [7, 11) is 5.55. The fourth-order valence-corrected chi connectivity index (χ4v) is 4.70. The second-order valence-corrected chi connectivity index (χ2v) is 8.79. The van der Waals surface area contributed by atoms with Crippen molar-refractivity contribution in [3.05, 3.63) is 53.6 Å². The first kappa shape index (κ1) is 25.0. The maximum Gasteiger partial charge on any atom is 0.303 e. The van der Waals surface area contributed by atoms with E-state index in [2.05, 4.69) is 0 Å². The van der Waals surface area contributed by atoms with Gasteiger partial charge in [-0.1, -0.05) is 18.2 Å². The van der Waals surface area contributed by atoms with Crippen molar-refractivity contribution in [2.45, 2.75) is 30.1 Å². The molecule has 1 aliphatic rings. The lowest BCUT2D eigenvalue weighted by Gasteiger charge is -2.28. The van der Waals surface area contributed by atoms with Crippen LogP contribution in [0.25, 0.3) is 0 Å². The normalized spacial score (nSPS) is 18.1. The Hall–Kier alpha value is -2.22. The molecule has 2 aromatic carbocycles. The zero-order valence-corrected chi connectivity index (χ0v) is 20.1. The number of fused-ring (bicyclic) bond motifs is 1. The number of thioether (sulfide) groups is 1. The summed E-state index contributed by atoms with van der Waals surface area (Å²) < 4.78 is 10.9. The van der Waals surface area contributed by atoms with E-state index < -0.39 is 12.1 Å². The van der Waals surface area contributed by atoms with Crippen LogP contribution in [0.2, 0.25) is 0 Å². The fraction of sp³-hybridized carbons (Fsp3) is 0.391. The highest BCUT2D eigenvalue weighted by atomic mass is 35.5. The number of rotatable bonds is 6. The van der Waals surface area contributed by atoms with Gasteiger partial charge in [0.15, 0.2) is 6.10 Å². The number of nitrogens with zero attached hydrogens (tertiary/aromatic N) is 2. The summed E-state index contributed by atoms with van der Waals surface area (Å²) in [5.74, 6) is 0.0586. The molecular formula is C23H29ClN2O4S. The summed E-state index contributed by atoms with van der Waals surface area (Å²) in [6.45, 7) is 4.56. The number of likely N-dealkylation sites (N-methyl/N-ethyl adjacent to an activating group) is 1. The van der Waals surface area contributed by atoms with Gasteiger partial charge in [0.25, 0.3) is 5.91 Å². The van der Waals surface area contributed by atoms with Gasteiger partial charge < -0.3 is 19.3 Å². The Balaban J connectivity index is 0.00000341. The van der Waals surface area contributed by atoms with Gasteiger partial charge in [-0.05, 0) is 56.4 Å². The Labute approximate surface area is 194 Å². The Kier molecular flexibility index (Phi) is 8.79. The summed E-state index contributed by atoms with van der Waals surface area (Å²) in [4.78, 5) is 30.4. The molecule has 0 saturated heterocycles. The molecule has 6 nitrogen and oxygen atoms in total. The van der Waals surface area contributed by atoms with Crippen molar-refractivity contribution in [3.63, 3.8) is 0 Å². The third-order valence-corrected chi connectivity index (χ3v) is 6.32. The molecule has 0 aromatic heterocycles. The topological polar surface area (TPSA) is 59.1 Å². The fourth-order valence-electron chi connectivity index (χ4n) is 3.40. The minimum absolute atomic E-state index is 0. The first-order chi connectivity index (χ1) is 14.3. The summed E-state index contributed by atoms with van der Waals surface area (Å²) in [5, 5.41) is -0.363. The average Bonchev–Trinajstić information content (AvgIpc) is 2.81. The highest BCUT2D eigenvalue weighted by Crippen LogP contribution is 2.47. The Bertz CT molecular complexity index is 920. The predicted octanol–water partition coefficient (Wildman–Crippen LogP) is 4.10. The van der Waals surface area contributed by atoms with E-state index in [-0.39, 0.29) is 23.6 Å².